The lowest BCUT2D eigenvalue weighted by Crippen LogP contribution is -2.24. The van der Waals surface area contributed by atoms with E-state index in [0.29, 0.717) is 12.4 Å². The van der Waals surface area contributed by atoms with Gasteiger partial charge in [-0.05, 0) is 6.07 Å². The fraction of sp³-hybridized carbons (Fsp3) is 0.346. The molecule has 238 valence electrons. The number of halogens is 9. The average Bonchev–Trinajstić information content (AvgIpc) is 2.94. The fourth-order valence-corrected chi connectivity index (χ4v) is 4.07. The Hall–Kier alpha value is -4.64. The van der Waals surface area contributed by atoms with Crippen molar-refractivity contribution >= 4 is 16.5 Å². The van der Waals surface area contributed by atoms with Gasteiger partial charge in [-0.2, -0.15) is 18.3 Å². The number of aromatic amines is 1. The first-order valence-electron chi connectivity index (χ1n) is 12.7. The molecule has 0 bridgehead atoms. The van der Waals surface area contributed by atoms with Gasteiger partial charge in [0.05, 0.1) is 35.2 Å². The first-order valence-corrected chi connectivity index (χ1v) is 12.7. The van der Waals surface area contributed by atoms with Gasteiger partial charge in [-0.25, -0.2) is 28.2 Å². The van der Waals surface area contributed by atoms with E-state index in [1.54, 1.807) is 5.10 Å². The van der Waals surface area contributed by atoms with E-state index in [9.17, 15) is 49.1 Å². The van der Waals surface area contributed by atoms with Crippen molar-refractivity contribution in [2.45, 2.75) is 51.1 Å². The first kappa shape index (κ1) is 33.9. The zero-order valence-corrected chi connectivity index (χ0v) is 22.6. The van der Waals surface area contributed by atoms with Crippen LogP contribution >= 0.6 is 0 Å². The molecular formula is C26H23F9N6O3. The van der Waals surface area contributed by atoms with E-state index in [2.05, 4.69) is 19.8 Å². The number of nitrogen functional groups attached to an aromatic ring is 1. The normalized spacial score (nSPS) is 13.4. The molecule has 0 radical (unpaired) electrons. The number of nitrogens with zero attached hydrogens (tertiary/aromatic N) is 4. The van der Waals surface area contributed by atoms with Gasteiger partial charge in [0.1, 0.15) is 11.4 Å². The molecule has 44 heavy (non-hydrogen) atoms. The molecule has 9 nitrogen and oxygen atoms in total. The quantitative estimate of drug-likeness (QED) is 0.257. The van der Waals surface area contributed by atoms with Gasteiger partial charge in [-0.1, -0.05) is 38.5 Å². The molecule has 0 atom stereocenters. The van der Waals surface area contributed by atoms with E-state index in [1.807, 2.05) is 0 Å². The third-order valence-electron chi connectivity index (χ3n) is 6.08. The summed E-state index contributed by atoms with van der Waals surface area (Å²) in [6, 6.07) is 0.810. The predicted octanol–water partition coefficient (Wildman–Crippen LogP) is 6.02. The minimum absolute atomic E-state index is 0.513. The van der Waals surface area contributed by atoms with Gasteiger partial charge in [0.2, 0.25) is 0 Å². The van der Waals surface area contributed by atoms with Crippen molar-refractivity contribution < 1.29 is 44.3 Å². The lowest BCUT2D eigenvalue weighted by Gasteiger charge is -2.10. The molecule has 0 aliphatic heterocycles. The van der Waals surface area contributed by atoms with Gasteiger partial charge in [0, 0.05) is 18.6 Å². The zero-order chi connectivity index (χ0) is 32.8. The summed E-state index contributed by atoms with van der Waals surface area (Å²) in [5.74, 6) is -5.44. The van der Waals surface area contributed by atoms with Crippen molar-refractivity contribution in [3.05, 3.63) is 74.6 Å². The molecule has 0 amide bonds. The second kappa shape index (κ2) is 13.8. The lowest BCUT2D eigenvalue weighted by atomic mass is 10.0. The van der Waals surface area contributed by atoms with Crippen LogP contribution in [0.3, 0.4) is 0 Å². The summed E-state index contributed by atoms with van der Waals surface area (Å²) in [7, 11) is 1.17. The Morgan fingerprint density at radius 1 is 0.886 bits per heavy atom. The van der Waals surface area contributed by atoms with Crippen LogP contribution in [-0.2, 0) is 13.2 Å². The minimum Gasteiger partial charge on any atom is -0.402 e. The second-order valence-electron chi connectivity index (χ2n) is 9.31. The molecule has 0 spiro atoms. The number of alkyl halides is 6. The molecule has 18 heteroatoms. The van der Waals surface area contributed by atoms with Gasteiger partial charge in [0.15, 0.2) is 23.2 Å². The number of ether oxygens (including phenoxy) is 1. The molecule has 1 aliphatic rings. The van der Waals surface area contributed by atoms with Gasteiger partial charge in [-0.15, -0.1) is 13.2 Å². The Kier molecular flexibility index (Phi) is 10.6. The molecule has 0 saturated heterocycles. The van der Waals surface area contributed by atoms with Crippen LogP contribution in [0.5, 0.6) is 5.75 Å². The number of nitrogens with two attached hydrogens (primary N) is 1. The Morgan fingerprint density at radius 2 is 1.43 bits per heavy atom. The number of aryl methyl sites for hydroxylation is 1. The van der Waals surface area contributed by atoms with Gasteiger partial charge < -0.3 is 15.0 Å². The summed E-state index contributed by atoms with van der Waals surface area (Å²) in [6.45, 7) is 0. The molecule has 1 saturated carbocycles. The van der Waals surface area contributed by atoms with E-state index in [0.717, 1.165) is 23.0 Å². The smallest absolute Gasteiger partial charge is 0.402 e. The highest BCUT2D eigenvalue weighted by atomic mass is 19.4. The highest BCUT2D eigenvalue weighted by molar-refractivity contribution is 5.87. The van der Waals surface area contributed by atoms with Crippen LogP contribution in [-0.4, -0.2) is 31.1 Å². The number of benzene rings is 1. The summed E-state index contributed by atoms with van der Waals surface area (Å²) in [4.78, 5) is 29.4. The molecule has 3 N–H and O–H groups in total. The fourth-order valence-electron chi connectivity index (χ4n) is 4.07. The molecule has 1 aromatic carbocycles. The topological polar surface area (TPSA) is 129 Å². The van der Waals surface area contributed by atoms with Crippen molar-refractivity contribution in [3.63, 3.8) is 0 Å². The Bertz CT molecular complexity index is 1700. The summed E-state index contributed by atoms with van der Waals surface area (Å²) < 4.78 is 119. The first-order chi connectivity index (χ1) is 20.5. The van der Waals surface area contributed by atoms with Gasteiger partial charge in [0.25, 0.3) is 11.1 Å². The standard InChI is InChI=1S/C15H7F6N3O2.C6H12.C5H4F3N3O/c1-24-5-9(16)7-2-8(11(17)12(18)10(7)14(24)25)13-22-3-6(4-23-13)26-15(19,20)21;1-2-4-6-5-3-1;6-5(7,8)3-2(9)1-10-11-4(3)12/h2-5H,1H3;1-6H2;1H,(H3,9,11,12). The van der Waals surface area contributed by atoms with E-state index < -0.39 is 80.3 Å². The maximum Gasteiger partial charge on any atom is 0.573 e. The summed E-state index contributed by atoms with van der Waals surface area (Å²) >= 11 is 0. The summed E-state index contributed by atoms with van der Waals surface area (Å²) in [5.41, 5.74) is -0.0893. The van der Waals surface area contributed by atoms with E-state index in [-0.39, 0.29) is 0 Å². The molecule has 3 heterocycles. The van der Waals surface area contributed by atoms with Crippen molar-refractivity contribution in [2.24, 2.45) is 7.05 Å². The number of anilines is 1. The number of rotatable bonds is 2. The van der Waals surface area contributed by atoms with Crippen LogP contribution in [0.4, 0.5) is 45.2 Å². The Labute approximate surface area is 241 Å². The molecule has 1 aliphatic carbocycles. The van der Waals surface area contributed by atoms with E-state index in [4.69, 9.17) is 5.73 Å². The maximum absolute atomic E-state index is 14.3. The van der Waals surface area contributed by atoms with Gasteiger partial charge in [-0.3, -0.25) is 9.59 Å². The number of hydrogen-bond acceptors (Lipinski definition) is 7. The van der Waals surface area contributed by atoms with E-state index >= 15 is 0 Å². The van der Waals surface area contributed by atoms with Crippen LogP contribution in [0, 0.1) is 17.5 Å². The monoisotopic (exact) mass is 638 g/mol. The molecule has 3 aromatic heterocycles. The zero-order valence-electron chi connectivity index (χ0n) is 22.6. The molecule has 5 rings (SSSR count). The summed E-state index contributed by atoms with van der Waals surface area (Å²) in [6.07, 6.45) is 2.00. The van der Waals surface area contributed by atoms with Crippen LogP contribution in [0.25, 0.3) is 22.2 Å². The van der Waals surface area contributed by atoms with Crippen LogP contribution in [0.2, 0.25) is 0 Å². The van der Waals surface area contributed by atoms with Crippen LogP contribution in [0.1, 0.15) is 44.1 Å². The van der Waals surface area contributed by atoms with Crippen molar-refractivity contribution in [2.75, 3.05) is 5.73 Å². The SMILES string of the molecule is C1CCCCC1.Cn1cc(F)c2cc(-c3ncc(OC(F)(F)F)cn3)c(F)c(F)c2c1=O.Nc1cn[nH]c(=O)c1C(F)(F)F. The number of H-pyrrole nitrogens is 1. The number of nitrogens with one attached hydrogen (secondary N) is 1. The molecule has 0 unspecified atom stereocenters. The molecule has 1 fully saturated rings. The second-order valence-corrected chi connectivity index (χ2v) is 9.31. The molecular weight excluding hydrogens is 615 g/mol. The number of fused-ring (bicyclic) bond motifs is 1. The number of hydrogen-bond donors (Lipinski definition) is 2. The van der Waals surface area contributed by atoms with Crippen LogP contribution < -0.4 is 21.6 Å². The predicted molar refractivity (Wildman–Crippen MR) is 139 cm³/mol. The van der Waals surface area contributed by atoms with Crippen molar-refractivity contribution in [1.82, 2.24) is 24.7 Å². The van der Waals surface area contributed by atoms with Crippen molar-refractivity contribution in [3.8, 4) is 17.1 Å². The van der Waals surface area contributed by atoms with Crippen molar-refractivity contribution in [1.29, 1.82) is 0 Å². The lowest BCUT2D eigenvalue weighted by molar-refractivity contribution is -0.274. The third kappa shape index (κ3) is 8.47. The minimum atomic E-state index is -4.98. The number of pyridine rings is 1. The maximum atomic E-state index is 14.3. The highest BCUT2D eigenvalue weighted by Crippen LogP contribution is 2.31. The average molecular weight is 638 g/mol. The highest BCUT2D eigenvalue weighted by Gasteiger charge is 2.36. The Balaban J connectivity index is 0.000000240. The largest absolute Gasteiger partial charge is 0.573 e. The third-order valence-corrected chi connectivity index (χ3v) is 6.08. The van der Waals surface area contributed by atoms with Gasteiger partial charge >= 0.3 is 12.5 Å². The van der Waals surface area contributed by atoms with Crippen LogP contribution in [0.15, 0.2) is 40.4 Å². The summed E-state index contributed by atoms with van der Waals surface area (Å²) in [5, 5.41) is 3.42. The number of aromatic nitrogens is 5. The van der Waals surface area contributed by atoms with E-state index in [1.165, 1.54) is 45.6 Å². The Morgan fingerprint density at radius 3 is 1.89 bits per heavy atom. The molecule has 4 aromatic rings.